The molecule has 1 nitrogen and oxygen atoms in total. The molecule has 1 atom stereocenters. The van der Waals surface area contributed by atoms with Gasteiger partial charge in [-0.25, -0.2) is 8.78 Å². The Balaban J connectivity index is 2.61. The van der Waals surface area contributed by atoms with Crippen molar-refractivity contribution in [1.82, 2.24) is 0 Å². The van der Waals surface area contributed by atoms with E-state index in [4.69, 9.17) is 11.6 Å². The predicted molar refractivity (Wildman–Crippen MR) is 74.2 cm³/mol. The third-order valence-corrected chi connectivity index (χ3v) is 3.71. The molecule has 19 heavy (non-hydrogen) atoms. The number of hydrogen-bond acceptors (Lipinski definition) is 1. The van der Waals surface area contributed by atoms with Gasteiger partial charge in [0.25, 0.3) is 0 Å². The average Bonchev–Trinajstić information content (AvgIpc) is 2.31. The van der Waals surface area contributed by atoms with Crippen molar-refractivity contribution in [3.8, 4) is 0 Å². The lowest BCUT2D eigenvalue weighted by atomic mass is 9.88. The molecule has 100 valence electrons. The number of benzene rings is 2. The normalized spacial score (nSPS) is 14.2. The average molecular weight is 348 g/mol. The molecule has 2 aromatic rings. The van der Waals surface area contributed by atoms with Gasteiger partial charge >= 0.3 is 0 Å². The third kappa shape index (κ3) is 2.81. The summed E-state index contributed by atoms with van der Waals surface area (Å²) in [6, 6.07) is 7.77. The highest BCUT2D eigenvalue weighted by atomic mass is 79.9. The molecular weight excluding hydrogens is 338 g/mol. The topological polar surface area (TPSA) is 20.2 Å². The fourth-order valence-corrected chi connectivity index (χ4v) is 2.76. The number of hydrogen-bond donors (Lipinski definition) is 1. The lowest BCUT2D eigenvalue weighted by Gasteiger charge is -2.26. The molecule has 0 bridgehead atoms. The van der Waals surface area contributed by atoms with Crippen LogP contribution < -0.4 is 0 Å². The highest BCUT2D eigenvalue weighted by Crippen LogP contribution is 2.36. The van der Waals surface area contributed by atoms with Gasteiger partial charge in [-0.1, -0.05) is 33.6 Å². The van der Waals surface area contributed by atoms with E-state index in [0.29, 0.717) is 5.56 Å². The molecular formula is C14H10BrClF2O. The maximum atomic E-state index is 13.8. The minimum Gasteiger partial charge on any atom is -0.381 e. The fourth-order valence-electron chi connectivity index (χ4n) is 1.90. The van der Waals surface area contributed by atoms with Crippen LogP contribution in [0.15, 0.2) is 40.9 Å². The van der Waals surface area contributed by atoms with Crippen LogP contribution in [0.3, 0.4) is 0 Å². The molecule has 0 spiro atoms. The highest BCUT2D eigenvalue weighted by Gasteiger charge is 2.31. The first kappa shape index (κ1) is 14.4. The first-order chi connectivity index (χ1) is 8.82. The van der Waals surface area contributed by atoms with Gasteiger partial charge in [-0.15, -0.1) is 0 Å². The summed E-state index contributed by atoms with van der Waals surface area (Å²) in [4.78, 5) is 0. The van der Waals surface area contributed by atoms with Crippen LogP contribution in [0.2, 0.25) is 5.02 Å². The van der Waals surface area contributed by atoms with Crippen molar-refractivity contribution < 1.29 is 13.9 Å². The number of halogens is 4. The molecule has 1 N–H and O–H groups in total. The van der Waals surface area contributed by atoms with E-state index in [1.807, 2.05) is 0 Å². The summed E-state index contributed by atoms with van der Waals surface area (Å²) in [6.45, 7) is 1.37. The summed E-state index contributed by atoms with van der Waals surface area (Å²) in [6.07, 6.45) is 0. The summed E-state index contributed by atoms with van der Waals surface area (Å²) in [5.41, 5.74) is -1.57. The van der Waals surface area contributed by atoms with Crippen molar-refractivity contribution in [3.05, 3.63) is 68.7 Å². The van der Waals surface area contributed by atoms with Gasteiger partial charge in [0.1, 0.15) is 17.2 Å². The molecule has 0 amide bonds. The highest BCUT2D eigenvalue weighted by molar-refractivity contribution is 9.10. The molecule has 0 fully saturated rings. The molecule has 0 aliphatic heterocycles. The van der Waals surface area contributed by atoms with Crippen LogP contribution in [0.5, 0.6) is 0 Å². The van der Waals surface area contributed by atoms with Crippen LogP contribution in [0.1, 0.15) is 18.1 Å². The Morgan fingerprint density at radius 2 is 1.79 bits per heavy atom. The van der Waals surface area contributed by atoms with Gasteiger partial charge in [0.2, 0.25) is 0 Å². The van der Waals surface area contributed by atoms with Crippen molar-refractivity contribution in [2.45, 2.75) is 12.5 Å². The molecule has 0 saturated carbocycles. The van der Waals surface area contributed by atoms with E-state index in [1.165, 1.54) is 6.92 Å². The molecule has 2 rings (SSSR count). The van der Waals surface area contributed by atoms with Gasteiger partial charge in [0.15, 0.2) is 0 Å². The first-order valence-electron chi connectivity index (χ1n) is 5.46. The fraction of sp³-hybridized carbons (Fsp3) is 0.143. The summed E-state index contributed by atoms with van der Waals surface area (Å²) in [5.74, 6) is -1.31. The summed E-state index contributed by atoms with van der Waals surface area (Å²) in [7, 11) is 0. The van der Waals surface area contributed by atoms with Gasteiger partial charge in [-0.3, -0.25) is 0 Å². The Morgan fingerprint density at radius 1 is 1.11 bits per heavy atom. The van der Waals surface area contributed by atoms with Crippen LogP contribution in [-0.4, -0.2) is 5.11 Å². The van der Waals surface area contributed by atoms with E-state index >= 15 is 0 Å². The van der Waals surface area contributed by atoms with Crippen molar-refractivity contribution >= 4 is 27.5 Å². The Bertz CT molecular complexity index is 629. The molecule has 5 heteroatoms. The quantitative estimate of drug-likeness (QED) is 0.839. The van der Waals surface area contributed by atoms with Gasteiger partial charge in [-0.05, 0) is 37.3 Å². The molecule has 0 aliphatic carbocycles. The van der Waals surface area contributed by atoms with Crippen molar-refractivity contribution in [1.29, 1.82) is 0 Å². The monoisotopic (exact) mass is 346 g/mol. The molecule has 0 saturated heterocycles. The number of rotatable bonds is 2. The first-order valence-corrected chi connectivity index (χ1v) is 6.63. The van der Waals surface area contributed by atoms with E-state index in [2.05, 4.69) is 15.9 Å². The van der Waals surface area contributed by atoms with E-state index in [-0.39, 0.29) is 10.6 Å². The minimum absolute atomic E-state index is 0.156. The standard InChI is InChI=1S/C14H10BrClF2O/c1-14(19,10-4-2-8(15)6-12(10)16)11-7-9(17)3-5-13(11)18/h2-7,19H,1H3. The van der Waals surface area contributed by atoms with Gasteiger partial charge in [-0.2, -0.15) is 0 Å². The maximum absolute atomic E-state index is 13.8. The maximum Gasteiger partial charge on any atom is 0.129 e. The predicted octanol–water partition coefficient (Wildman–Crippen LogP) is 4.64. The largest absolute Gasteiger partial charge is 0.381 e. The van der Waals surface area contributed by atoms with Crippen LogP contribution in [0, 0.1) is 11.6 Å². The van der Waals surface area contributed by atoms with E-state index < -0.39 is 17.2 Å². The molecule has 1 unspecified atom stereocenters. The third-order valence-electron chi connectivity index (χ3n) is 2.91. The summed E-state index contributed by atoms with van der Waals surface area (Å²) < 4.78 is 27.8. The summed E-state index contributed by atoms with van der Waals surface area (Å²) >= 11 is 9.30. The second-order valence-electron chi connectivity index (χ2n) is 4.32. The smallest absolute Gasteiger partial charge is 0.129 e. The van der Waals surface area contributed by atoms with E-state index in [9.17, 15) is 13.9 Å². The van der Waals surface area contributed by atoms with Crippen LogP contribution >= 0.6 is 27.5 Å². The zero-order valence-corrected chi connectivity index (χ0v) is 12.3. The van der Waals surface area contributed by atoms with Crippen molar-refractivity contribution in [2.75, 3.05) is 0 Å². The molecule has 0 aromatic heterocycles. The van der Waals surface area contributed by atoms with E-state index in [1.54, 1.807) is 18.2 Å². The Morgan fingerprint density at radius 3 is 2.42 bits per heavy atom. The Hall–Kier alpha value is -0.970. The van der Waals surface area contributed by atoms with Gasteiger partial charge in [0, 0.05) is 20.6 Å². The Kier molecular flexibility index (Phi) is 3.95. The van der Waals surface area contributed by atoms with Gasteiger partial charge < -0.3 is 5.11 Å². The molecule has 0 radical (unpaired) electrons. The number of aliphatic hydroxyl groups is 1. The molecule has 0 heterocycles. The van der Waals surface area contributed by atoms with Crippen LogP contribution in [0.25, 0.3) is 0 Å². The van der Waals surface area contributed by atoms with Crippen molar-refractivity contribution in [2.24, 2.45) is 0 Å². The van der Waals surface area contributed by atoms with E-state index in [0.717, 1.165) is 22.7 Å². The minimum atomic E-state index is -1.72. The van der Waals surface area contributed by atoms with Gasteiger partial charge in [0.05, 0.1) is 0 Å². The van der Waals surface area contributed by atoms with Crippen LogP contribution in [-0.2, 0) is 5.60 Å². The Labute approximate surface area is 123 Å². The van der Waals surface area contributed by atoms with Crippen LogP contribution in [0.4, 0.5) is 8.78 Å². The zero-order valence-electron chi connectivity index (χ0n) is 9.92. The van der Waals surface area contributed by atoms with Crippen molar-refractivity contribution in [3.63, 3.8) is 0 Å². The second-order valence-corrected chi connectivity index (χ2v) is 5.64. The second kappa shape index (κ2) is 5.19. The molecule has 0 aliphatic rings. The zero-order chi connectivity index (χ0) is 14.2. The lowest BCUT2D eigenvalue weighted by Crippen LogP contribution is -2.25. The summed E-state index contributed by atoms with van der Waals surface area (Å²) in [5, 5.41) is 10.8. The SMILES string of the molecule is CC(O)(c1cc(F)ccc1F)c1ccc(Br)cc1Cl. The lowest BCUT2D eigenvalue weighted by molar-refractivity contribution is 0.0976. The molecule has 2 aromatic carbocycles.